The van der Waals surface area contributed by atoms with E-state index in [1.54, 1.807) is 6.92 Å². The Morgan fingerprint density at radius 3 is 2.48 bits per heavy atom. The molecule has 0 saturated heterocycles. The van der Waals surface area contributed by atoms with E-state index in [2.05, 4.69) is 28.2 Å². The van der Waals surface area contributed by atoms with Gasteiger partial charge in [0.2, 0.25) is 0 Å². The van der Waals surface area contributed by atoms with Gasteiger partial charge in [-0.3, -0.25) is 9.59 Å². The number of halogens is 1. The second-order valence-electron chi connectivity index (χ2n) is 6.42. The largest absolute Gasteiger partial charge is 1.00 e. The number of aromatic nitrogens is 1. The molecule has 0 unspecified atom stereocenters. The minimum Gasteiger partial charge on any atom is -0.366 e. The van der Waals surface area contributed by atoms with Crippen LogP contribution in [0, 0.1) is 38.9 Å². The second kappa shape index (κ2) is 13.3. The Balaban J connectivity index is 0.000000518. The van der Waals surface area contributed by atoms with Gasteiger partial charge in [0.05, 0.1) is 11.1 Å². The fraction of sp³-hybridized carbons (Fsp3) is 0.318. The molecule has 1 aromatic carbocycles. The molecule has 0 bridgehead atoms. The molecule has 0 fully saturated rings. The maximum absolute atomic E-state index is 13.2. The molecule has 0 spiro atoms. The minimum atomic E-state index is -0.624. The Labute approximate surface area is 230 Å². The molecule has 1 heterocycles. The predicted octanol–water partition coefficient (Wildman–Crippen LogP) is 1.06. The summed E-state index contributed by atoms with van der Waals surface area (Å²) in [6.07, 6.45) is 6.55. The zero-order valence-corrected chi connectivity index (χ0v) is 24.1. The van der Waals surface area contributed by atoms with Crippen LogP contribution in [-0.2, 0) is 4.79 Å². The number of carbonyl (C=O) groups excluding carboxylic acids is 2. The van der Waals surface area contributed by atoms with Gasteiger partial charge in [-0.1, -0.05) is 12.0 Å². The summed E-state index contributed by atoms with van der Waals surface area (Å²) >= 11 is 0. The molecule has 2 aromatic rings. The van der Waals surface area contributed by atoms with Crippen molar-refractivity contribution in [3.8, 4) is 11.8 Å². The predicted molar refractivity (Wildman–Crippen MR) is 111 cm³/mol. The first-order valence-corrected chi connectivity index (χ1v) is 8.84. The fourth-order valence-electron chi connectivity index (χ4n) is 2.96. The van der Waals surface area contributed by atoms with Crippen LogP contribution in [0.3, 0.4) is 0 Å². The van der Waals surface area contributed by atoms with Crippen LogP contribution in [-0.4, -0.2) is 16.8 Å². The van der Waals surface area contributed by atoms with Gasteiger partial charge < -0.3 is 23.5 Å². The number of nitrogens with two attached hydrogens (primary N) is 1. The number of allylic oxidation sites excluding steroid dienone is 2. The Morgan fingerprint density at radius 2 is 1.93 bits per heavy atom. The van der Waals surface area contributed by atoms with Gasteiger partial charge in [0.15, 0.2) is 0 Å². The van der Waals surface area contributed by atoms with Gasteiger partial charge in [0.1, 0.15) is 5.82 Å². The third-order valence-corrected chi connectivity index (χ3v) is 4.45. The molecule has 0 atom stereocenters. The summed E-state index contributed by atoms with van der Waals surface area (Å²) in [7, 11) is 0. The maximum atomic E-state index is 13.2. The van der Waals surface area contributed by atoms with Gasteiger partial charge in [-0.15, -0.1) is 0 Å². The molecule has 1 aliphatic carbocycles. The van der Waals surface area contributed by atoms with Crippen molar-refractivity contribution in [3.05, 3.63) is 54.0 Å². The average molecular weight is 517 g/mol. The van der Waals surface area contributed by atoms with E-state index in [9.17, 15) is 14.0 Å². The molecule has 7 heteroatoms. The molecule has 3 rings (SSSR count). The van der Waals surface area contributed by atoms with Crippen molar-refractivity contribution in [2.24, 2.45) is 5.73 Å². The van der Waals surface area contributed by atoms with Crippen LogP contribution < -0.4 is 79.9 Å². The topological polar surface area (TPSA) is 88.0 Å². The zero-order chi connectivity index (χ0) is 20.0. The molecule has 0 saturated carbocycles. The summed E-state index contributed by atoms with van der Waals surface area (Å²) in [5, 5.41) is 3.48. The second-order valence-corrected chi connectivity index (χ2v) is 6.42. The standard InChI is InChI=1S/C11H11FN2O.C10H13NO.CH3.Cs/c1-5-6(2)14-10-8(5)3-7(12)4-9(10)11(13)15;1-2-6-10(12)11-9-7-4-3-5-8-9;;/h3-4,14H,1-2H3,(H2,13,15);7H,3-5,8H2,1H3,(H,11,12);1H3;/q;;-1;+1. The average Bonchev–Trinajstić information content (AvgIpc) is 2.90. The molecule has 29 heavy (non-hydrogen) atoms. The zero-order valence-electron chi connectivity index (χ0n) is 17.8. The molecule has 1 aromatic heterocycles. The monoisotopic (exact) mass is 517 g/mol. The van der Waals surface area contributed by atoms with E-state index in [1.165, 1.54) is 18.9 Å². The Hall–Kier alpha value is -1.02. The van der Waals surface area contributed by atoms with E-state index in [1.807, 2.05) is 13.8 Å². The van der Waals surface area contributed by atoms with Crippen molar-refractivity contribution in [2.45, 2.75) is 46.5 Å². The van der Waals surface area contributed by atoms with Crippen LogP contribution in [0.2, 0.25) is 0 Å². The number of amides is 2. The van der Waals surface area contributed by atoms with Crippen molar-refractivity contribution in [1.29, 1.82) is 0 Å². The van der Waals surface area contributed by atoms with Crippen LogP contribution in [0.4, 0.5) is 4.39 Å². The summed E-state index contributed by atoms with van der Waals surface area (Å²) < 4.78 is 13.2. The number of benzene rings is 1. The van der Waals surface area contributed by atoms with Gasteiger partial charge in [0.25, 0.3) is 11.8 Å². The van der Waals surface area contributed by atoms with E-state index in [-0.39, 0.29) is 87.8 Å². The quantitative estimate of drug-likeness (QED) is 0.411. The smallest absolute Gasteiger partial charge is 0.366 e. The van der Waals surface area contributed by atoms with E-state index < -0.39 is 11.7 Å². The fourth-order valence-corrected chi connectivity index (χ4v) is 2.96. The molecular formula is C22H27CsFN3O2. The summed E-state index contributed by atoms with van der Waals surface area (Å²) in [6, 6.07) is 2.56. The van der Waals surface area contributed by atoms with Gasteiger partial charge in [-0.25, -0.2) is 4.39 Å². The van der Waals surface area contributed by atoms with Crippen molar-refractivity contribution in [1.82, 2.24) is 10.3 Å². The Bertz CT molecular complexity index is 968. The van der Waals surface area contributed by atoms with Crippen molar-refractivity contribution in [3.63, 3.8) is 0 Å². The van der Waals surface area contributed by atoms with Gasteiger partial charge in [0, 0.05) is 16.8 Å². The summed E-state index contributed by atoms with van der Waals surface area (Å²) in [6.45, 7) is 5.41. The third-order valence-electron chi connectivity index (χ3n) is 4.45. The Morgan fingerprint density at radius 1 is 1.24 bits per heavy atom. The molecule has 5 nitrogen and oxygen atoms in total. The van der Waals surface area contributed by atoms with Crippen LogP contribution in [0.5, 0.6) is 0 Å². The van der Waals surface area contributed by atoms with Crippen LogP contribution >= 0.6 is 0 Å². The number of nitrogens with one attached hydrogen (secondary N) is 2. The summed E-state index contributed by atoms with van der Waals surface area (Å²) in [4.78, 5) is 25.1. The summed E-state index contributed by atoms with van der Waals surface area (Å²) in [5.74, 6) is 3.76. The van der Waals surface area contributed by atoms with E-state index in [0.717, 1.165) is 35.9 Å². The van der Waals surface area contributed by atoms with Gasteiger partial charge in [-0.2, -0.15) is 0 Å². The number of aryl methyl sites for hydroxylation is 2. The van der Waals surface area contributed by atoms with E-state index in [0.29, 0.717) is 10.9 Å². The first-order valence-electron chi connectivity index (χ1n) is 8.84. The third kappa shape index (κ3) is 7.96. The normalized spacial score (nSPS) is 12.1. The molecule has 0 aliphatic heterocycles. The number of H-pyrrole nitrogens is 1. The Kier molecular flexibility index (Phi) is 12.9. The van der Waals surface area contributed by atoms with Crippen LogP contribution in [0.1, 0.15) is 54.2 Å². The minimum absolute atomic E-state index is 0. The van der Waals surface area contributed by atoms with Crippen molar-refractivity contribution < 1.29 is 82.9 Å². The first-order chi connectivity index (χ1) is 12.8. The molecular weight excluding hydrogens is 490 g/mol. The van der Waals surface area contributed by atoms with Gasteiger partial charge >= 0.3 is 68.9 Å². The molecule has 4 N–H and O–H groups in total. The van der Waals surface area contributed by atoms with Crippen LogP contribution in [0.25, 0.3) is 10.9 Å². The molecule has 2 amide bonds. The van der Waals surface area contributed by atoms with Crippen molar-refractivity contribution >= 4 is 22.7 Å². The van der Waals surface area contributed by atoms with E-state index >= 15 is 0 Å². The molecule has 150 valence electrons. The number of hydrogen-bond donors (Lipinski definition) is 3. The SMILES string of the molecule is CC#CC(=O)NC1=CCCCC1.Cc1[nH]c2c(C(N)=O)cc(F)cc2c1C.[CH3-].[Cs+]. The number of primary amides is 1. The number of aromatic amines is 1. The number of carbonyl (C=O) groups is 2. The van der Waals surface area contributed by atoms with Gasteiger partial charge in [-0.05, 0) is 70.1 Å². The molecule has 0 radical (unpaired) electrons. The van der Waals surface area contributed by atoms with Crippen molar-refractivity contribution in [2.75, 3.05) is 0 Å². The molecule has 1 aliphatic rings. The number of fused-ring (bicyclic) bond motifs is 1. The first kappa shape index (κ1) is 28.0. The van der Waals surface area contributed by atoms with Crippen LogP contribution in [0.15, 0.2) is 23.9 Å². The van der Waals surface area contributed by atoms with E-state index in [4.69, 9.17) is 5.73 Å². The number of rotatable bonds is 2. The number of hydrogen-bond acceptors (Lipinski definition) is 2. The summed E-state index contributed by atoms with van der Waals surface area (Å²) in [5.41, 5.74) is 8.88. The maximum Gasteiger partial charge on any atom is 1.00 e.